The summed E-state index contributed by atoms with van der Waals surface area (Å²) in [6.07, 6.45) is 8.63. The number of Topliss-reactive ketones (excluding diaryl/α,β-unsaturated/α-hetero) is 2. The molecule has 2 aliphatic rings. The van der Waals surface area contributed by atoms with Gasteiger partial charge in [-0.05, 0) is 72.8 Å². The molecule has 0 radical (unpaired) electrons. The molecule has 0 unspecified atom stereocenters. The highest BCUT2D eigenvalue weighted by Gasteiger charge is 2.22. The number of nitrogens with one attached hydrogen (secondary N) is 1. The largest absolute Gasteiger partial charge is 0.475 e. The molecule has 2 aliphatic heterocycles. The van der Waals surface area contributed by atoms with Gasteiger partial charge in [0.2, 0.25) is 0 Å². The molecule has 0 spiro atoms. The standard InChI is InChI=1S/C20H33N5O2.C5H11NO2/c1-17(26)15-27-16-23-18(14-24-10-6-4-7-11-24)19(21-2)20(22-3)25-12-8-5-9-13-25;1-5(7)3-8-4-6-2/h16H,2,4-15H2,1,3H3;6H,3-4H2,1-2H3/b19-18+,22-20?,23-16?;. The van der Waals surface area contributed by atoms with Gasteiger partial charge in [-0.2, -0.15) is 0 Å². The van der Waals surface area contributed by atoms with Gasteiger partial charge in [0.15, 0.2) is 23.8 Å². The Kier molecular flexibility index (Phi) is 16.5. The lowest BCUT2D eigenvalue weighted by atomic mass is 10.1. The monoisotopic (exact) mass is 492 g/mol. The third-order valence-corrected chi connectivity index (χ3v) is 5.45. The average molecular weight is 493 g/mol. The van der Waals surface area contributed by atoms with Crippen molar-refractivity contribution in [1.82, 2.24) is 15.1 Å². The third-order valence-electron chi connectivity index (χ3n) is 5.45. The van der Waals surface area contributed by atoms with E-state index in [1.165, 1.54) is 45.9 Å². The Bertz CT molecular complexity index is 738. The van der Waals surface area contributed by atoms with Gasteiger partial charge in [-0.25, -0.2) is 4.99 Å². The van der Waals surface area contributed by atoms with Crippen molar-refractivity contribution in [2.75, 3.05) is 66.8 Å². The highest BCUT2D eigenvalue weighted by molar-refractivity contribution is 5.99. The number of hydrogen-bond acceptors (Lipinski definition) is 9. The molecular formula is C25H44N6O4. The zero-order valence-corrected chi connectivity index (χ0v) is 22.1. The first-order valence-electron chi connectivity index (χ1n) is 12.4. The van der Waals surface area contributed by atoms with E-state index in [-0.39, 0.29) is 24.8 Å². The number of likely N-dealkylation sites (tertiary alicyclic amines) is 2. The Hall–Kier alpha value is -2.43. The number of rotatable bonds is 12. The van der Waals surface area contributed by atoms with Gasteiger partial charge >= 0.3 is 0 Å². The van der Waals surface area contributed by atoms with E-state index in [0.717, 1.165) is 50.6 Å². The summed E-state index contributed by atoms with van der Waals surface area (Å²) in [4.78, 5) is 39.3. The van der Waals surface area contributed by atoms with Crippen LogP contribution < -0.4 is 5.32 Å². The van der Waals surface area contributed by atoms with Crippen molar-refractivity contribution in [3.63, 3.8) is 0 Å². The van der Waals surface area contributed by atoms with Crippen LogP contribution in [0.1, 0.15) is 52.4 Å². The van der Waals surface area contributed by atoms with Crippen LogP contribution in [0, 0.1) is 0 Å². The fourth-order valence-electron chi connectivity index (χ4n) is 3.85. The number of carbonyl (C=O) groups excluding carboxylic acids is 2. The molecule has 10 heteroatoms. The van der Waals surface area contributed by atoms with Gasteiger partial charge in [0.05, 0.1) is 12.4 Å². The van der Waals surface area contributed by atoms with E-state index < -0.39 is 0 Å². The van der Waals surface area contributed by atoms with Crippen LogP contribution in [0.3, 0.4) is 0 Å². The molecule has 2 rings (SSSR count). The van der Waals surface area contributed by atoms with E-state index in [4.69, 9.17) is 9.47 Å². The lowest BCUT2D eigenvalue weighted by molar-refractivity contribution is -0.121. The fourth-order valence-corrected chi connectivity index (χ4v) is 3.85. The highest BCUT2D eigenvalue weighted by atomic mass is 16.5. The second kappa shape index (κ2) is 18.8. The fraction of sp³-hybridized carbons (Fsp3) is 0.720. The van der Waals surface area contributed by atoms with E-state index in [0.29, 0.717) is 19.0 Å². The highest BCUT2D eigenvalue weighted by Crippen LogP contribution is 2.20. The Labute approximate surface area is 210 Å². The molecule has 10 nitrogen and oxygen atoms in total. The maximum atomic E-state index is 11.1. The second-order valence-electron chi connectivity index (χ2n) is 8.68. The van der Waals surface area contributed by atoms with Crippen LogP contribution in [0.4, 0.5) is 0 Å². The molecule has 2 saturated heterocycles. The molecule has 0 aromatic heterocycles. The van der Waals surface area contributed by atoms with E-state index >= 15 is 0 Å². The van der Waals surface area contributed by atoms with Crippen molar-refractivity contribution >= 4 is 30.5 Å². The SMILES string of the molecule is C=N/C(C(=NC)N1CCCCC1)=C(\CN1CCCCC1)N=COCC(C)=O.CNCOCC(C)=O. The second-order valence-corrected chi connectivity index (χ2v) is 8.68. The summed E-state index contributed by atoms with van der Waals surface area (Å²) in [5.41, 5.74) is 1.51. The molecule has 0 aromatic carbocycles. The van der Waals surface area contributed by atoms with Crippen LogP contribution in [-0.4, -0.2) is 107 Å². The summed E-state index contributed by atoms with van der Waals surface area (Å²) in [6.45, 7) is 12.2. The minimum absolute atomic E-state index is 0.0260. The molecule has 2 heterocycles. The van der Waals surface area contributed by atoms with Gasteiger partial charge in [0.1, 0.15) is 18.9 Å². The zero-order chi connectivity index (χ0) is 25.9. The topological polar surface area (TPSA) is 108 Å². The van der Waals surface area contributed by atoms with Crippen LogP contribution in [0.25, 0.3) is 0 Å². The minimum atomic E-state index is -0.0331. The summed E-state index contributed by atoms with van der Waals surface area (Å²) < 4.78 is 10.0. The van der Waals surface area contributed by atoms with Gasteiger partial charge in [0.25, 0.3) is 0 Å². The van der Waals surface area contributed by atoms with Crippen molar-refractivity contribution in [3.8, 4) is 0 Å². The summed E-state index contributed by atoms with van der Waals surface area (Å²) in [5, 5.41) is 2.75. The molecule has 35 heavy (non-hydrogen) atoms. The first-order valence-corrected chi connectivity index (χ1v) is 12.4. The number of ether oxygens (including phenoxy) is 2. The Morgan fingerprint density at radius 3 is 2.09 bits per heavy atom. The molecule has 2 fully saturated rings. The maximum Gasteiger partial charge on any atom is 0.174 e. The van der Waals surface area contributed by atoms with E-state index in [1.807, 2.05) is 0 Å². The number of carbonyl (C=O) groups is 2. The van der Waals surface area contributed by atoms with E-state index in [2.05, 4.69) is 36.8 Å². The molecule has 0 aliphatic carbocycles. The van der Waals surface area contributed by atoms with Crippen LogP contribution in [0.15, 0.2) is 26.4 Å². The Morgan fingerprint density at radius 1 is 0.971 bits per heavy atom. The number of aliphatic imine (C=N–C) groups is 3. The number of nitrogens with zero attached hydrogens (tertiary/aromatic N) is 5. The first kappa shape index (κ1) is 30.6. The van der Waals surface area contributed by atoms with Crippen molar-refractivity contribution in [1.29, 1.82) is 0 Å². The van der Waals surface area contributed by atoms with Gasteiger partial charge in [0, 0.05) is 26.7 Å². The lowest BCUT2D eigenvalue weighted by Gasteiger charge is -2.31. The normalized spacial score (nSPS) is 17.9. The van der Waals surface area contributed by atoms with Crippen LogP contribution >= 0.6 is 0 Å². The predicted molar refractivity (Wildman–Crippen MR) is 141 cm³/mol. The van der Waals surface area contributed by atoms with Crippen molar-refractivity contribution < 1.29 is 19.1 Å². The lowest BCUT2D eigenvalue weighted by Crippen LogP contribution is -2.38. The van der Waals surface area contributed by atoms with Gasteiger partial charge in [-0.15, -0.1) is 0 Å². The van der Waals surface area contributed by atoms with Gasteiger partial charge < -0.3 is 14.4 Å². The van der Waals surface area contributed by atoms with E-state index in [1.54, 1.807) is 14.1 Å². The van der Waals surface area contributed by atoms with Crippen LogP contribution in [-0.2, 0) is 19.1 Å². The summed E-state index contributed by atoms with van der Waals surface area (Å²) in [7, 11) is 3.56. The number of ketones is 2. The van der Waals surface area contributed by atoms with E-state index in [9.17, 15) is 9.59 Å². The minimum Gasteiger partial charge on any atom is -0.475 e. The molecule has 0 atom stereocenters. The maximum absolute atomic E-state index is 11.1. The number of hydrogen-bond donors (Lipinski definition) is 1. The van der Waals surface area contributed by atoms with Crippen molar-refractivity contribution in [2.24, 2.45) is 15.0 Å². The molecule has 0 bridgehead atoms. The molecule has 1 N–H and O–H groups in total. The zero-order valence-electron chi connectivity index (χ0n) is 22.1. The molecule has 198 valence electrons. The summed E-state index contributed by atoms with van der Waals surface area (Å²) >= 11 is 0. The van der Waals surface area contributed by atoms with Crippen LogP contribution in [0.5, 0.6) is 0 Å². The summed E-state index contributed by atoms with van der Waals surface area (Å²) in [6, 6.07) is 0. The molecule has 0 aromatic rings. The molecule has 0 amide bonds. The smallest absolute Gasteiger partial charge is 0.174 e. The first-order chi connectivity index (χ1) is 16.9. The van der Waals surface area contributed by atoms with Crippen molar-refractivity contribution in [3.05, 3.63) is 11.4 Å². The quantitative estimate of drug-likeness (QED) is 0.193. The Morgan fingerprint density at radius 2 is 1.57 bits per heavy atom. The van der Waals surface area contributed by atoms with Gasteiger partial charge in [-0.3, -0.25) is 29.8 Å². The van der Waals surface area contributed by atoms with Crippen molar-refractivity contribution in [2.45, 2.75) is 52.4 Å². The number of amidine groups is 1. The number of piperidine rings is 2. The molecule has 0 saturated carbocycles. The third kappa shape index (κ3) is 13.3. The van der Waals surface area contributed by atoms with Crippen LogP contribution in [0.2, 0.25) is 0 Å². The molecular weight excluding hydrogens is 448 g/mol. The van der Waals surface area contributed by atoms with Gasteiger partial charge in [-0.1, -0.05) is 6.42 Å². The predicted octanol–water partition coefficient (Wildman–Crippen LogP) is 2.30. The Balaban J connectivity index is 0.000000658. The summed E-state index contributed by atoms with van der Waals surface area (Å²) in [5.74, 6) is 0.870. The average Bonchev–Trinajstić information content (AvgIpc) is 2.86.